The van der Waals surface area contributed by atoms with Crippen LogP contribution in [0.15, 0.2) is 12.2 Å². The van der Waals surface area contributed by atoms with Crippen LogP contribution in [0.3, 0.4) is 0 Å². The van der Waals surface area contributed by atoms with Gasteiger partial charge in [-0.3, -0.25) is 4.79 Å². The zero-order chi connectivity index (χ0) is 17.2. The van der Waals surface area contributed by atoms with Gasteiger partial charge in [0.05, 0.1) is 13.0 Å². The molecule has 0 saturated heterocycles. The van der Waals surface area contributed by atoms with Crippen molar-refractivity contribution in [3.63, 3.8) is 0 Å². The van der Waals surface area contributed by atoms with Crippen molar-refractivity contribution in [1.29, 1.82) is 0 Å². The first-order valence-electron chi connectivity index (χ1n) is 8.42. The first kappa shape index (κ1) is 18.1. The molecule has 8 nitrogen and oxygen atoms in total. The molecule has 0 spiro atoms. The number of hydrogen-bond acceptors (Lipinski definition) is 7. The van der Waals surface area contributed by atoms with E-state index in [-0.39, 0.29) is 24.7 Å². The molecule has 0 unspecified atom stereocenters. The molecule has 1 aromatic heterocycles. The Morgan fingerprint density at radius 3 is 2.54 bits per heavy atom. The number of nitrogens with zero attached hydrogens (tertiary/aromatic N) is 3. The third-order valence-electron chi connectivity index (χ3n) is 3.94. The lowest BCUT2D eigenvalue weighted by molar-refractivity contribution is -0.151. The van der Waals surface area contributed by atoms with Gasteiger partial charge in [0.2, 0.25) is 0 Å². The molecular formula is C16H24N4O4. The Morgan fingerprint density at radius 1 is 1.17 bits per heavy atom. The summed E-state index contributed by atoms with van der Waals surface area (Å²) in [6, 6.07) is 0. The molecule has 1 aliphatic carbocycles. The van der Waals surface area contributed by atoms with Crippen molar-refractivity contribution in [3.05, 3.63) is 18.0 Å². The fourth-order valence-corrected chi connectivity index (χ4v) is 2.64. The predicted octanol–water partition coefficient (Wildman–Crippen LogP) is 1.89. The SMILES string of the molecule is C=C(CC(=O)OC1CCCCCCC1)C(=O)OCCc1nn[nH]n1. The van der Waals surface area contributed by atoms with E-state index in [0.29, 0.717) is 12.2 Å². The fraction of sp³-hybridized carbons (Fsp3) is 0.688. The van der Waals surface area contributed by atoms with Crippen molar-refractivity contribution in [2.75, 3.05) is 6.61 Å². The van der Waals surface area contributed by atoms with Gasteiger partial charge in [-0.25, -0.2) is 4.79 Å². The van der Waals surface area contributed by atoms with Crippen LogP contribution >= 0.6 is 0 Å². The van der Waals surface area contributed by atoms with Crippen LogP contribution in [0.2, 0.25) is 0 Å². The molecule has 132 valence electrons. The maximum Gasteiger partial charge on any atom is 0.334 e. The van der Waals surface area contributed by atoms with Crippen molar-refractivity contribution in [2.24, 2.45) is 0 Å². The van der Waals surface area contributed by atoms with E-state index in [1.165, 1.54) is 19.3 Å². The van der Waals surface area contributed by atoms with E-state index >= 15 is 0 Å². The minimum absolute atomic E-state index is 0.0418. The molecule has 1 heterocycles. The van der Waals surface area contributed by atoms with Crippen LogP contribution in [0, 0.1) is 0 Å². The monoisotopic (exact) mass is 336 g/mol. The Labute approximate surface area is 141 Å². The third kappa shape index (κ3) is 6.47. The van der Waals surface area contributed by atoms with Crippen molar-refractivity contribution in [2.45, 2.75) is 63.9 Å². The second-order valence-corrected chi connectivity index (χ2v) is 5.95. The van der Waals surface area contributed by atoms with Crippen LogP contribution < -0.4 is 0 Å². The van der Waals surface area contributed by atoms with Crippen LogP contribution in [0.25, 0.3) is 0 Å². The molecule has 8 heteroatoms. The van der Waals surface area contributed by atoms with Crippen molar-refractivity contribution in [3.8, 4) is 0 Å². The number of carbonyl (C=O) groups excluding carboxylic acids is 2. The second kappa shape index (κ2) is 9.79. The molecule has 0 aromatic carbocycles. The van der Waals surface area contributed by atoms with Crippen molar-refractivity contribution in [1.82, 2.24) is 20.6 Å². The molecule has 1 N–H and O–H groups in total. The van der Waals surface area contributed by atoms with Gasteiger partial charge >= 0.3 is 11.9 Å². The molecular weight excluding hydrogens is 312 g/mol. The van der Waals surface area contributed by atoms with Gasteiger partial charge in [0.15, 0.2) is 5.82 Å². The van der Waals surface area contributed by atoms with Crippen LogP contribution in [0.1, 0.15) is 57.2 Å². The third-order valence-corrected chi connectivity index (χ3v) is 3.94. The molecule has 1 fully saturated rings. The summed E-state index contributed by atoms with van der Waals surface area (Å²) in [7, 11) is 0. The summed E-state index contributed by atoms with van der Waals surface area (Å²) < 4.78 is 10.5. The van der Waals surface area contributed by atoms with Crippen LogP contribution in [0.5, 0.6) is 0 Å². The summed E-state index contributed by atoms with van der Waals surface area (Å²) in [5.41, 5.74) is 0.0963. The summed E-state index contributed by atoms with van der Waals surface area (Å²) in [6.45, 7) is 3.72. The average Bonchev–Trinajstić information content (AvgIpc) is 3.03. The molecule has 1 aromatic rings. The minimum Gasteiger partial charge on any atom is -0.462 e. The average molecular weight is 336 g/mol. The van der Waals surface area contributed by atoms with Crippen molar-refractivity contribution < 1.29 is 19.1 Å². The Kier molecular flexibility index (Phi) is 7.38. The maximum absolute atomic E-state index is 12.0. The molecule has 0 atom stereocenters. The highest BCUT2D eigenvalue weighted by Crippen LogP contribution is 2.20. The standard InChI is InChI=1S/C16H24N4O4/c1-12(16(22)23-10-9-14-17-19-20-18-14)11-15(21)24-13-7-5-3-2-4-6-8-13/h13H,1-11H2,(H,17,18,19,20). The highest BCUT2D eigenvalue weighted by atomic mass is 16.5. The lowest BCUT2D eigenvalue weighted by Crippen LogP contribution is -2.21. The topological polar surface area (TPSA) is 107 Å². The van der Waals surface area contributed by atoms with E-state index in [2.05, 4.69) is 27.2 Å². The Bertz CT molecular complexity index is 536. The highest BCUT2D eigenvalue weighted by Gasteiger charge is 2.19. The smallest absolute Gasteiger partial charge is 0.334 e. The zero-order valence-corrected chi connectivity index (χ0v) is 13.8. The lowest BCUT2D eigenvalue weighted by Gasteiger charge is -2.20. The van der Waals surface area contributed by atoms with Gasteiger partial charge < -0.3 is 9.47 Å². The van der Waals surface area contributed by atoms with E-state index < -0.39 is 11.9 Å². The number of aromatic nitrogens is 4. The summed E-state index contributed by atoms with van der Waals surface area (Å²) in [5.74, 6) is -0.564. The number of rotatable bonds is 7. The number of tetrazole rings is 1. The van der Waals surface area contributed by atoms with E-state index in [9.17, 15) is 9.59 Å². The first-order chi connectivity index (χ1) is 11.6. The normalized spacial score (nSPS) is 16.0. The number of nitrogens with one attached hydrogen (secondary N) is 1. The van der Waals surface area contributed by atoms with Gasteiger partial charge in [0, 0.05) is 12.0 Å². The van der Waals surface area contributed by atoms with Crippen LogP contribution in [0.4, 0.5) is 0 Å². The highest BCUT2D eigenvalue weighted by molar-refractivity contribution is 5.93. The Balaban J connectivity index is 1.65. The van der Waals surface area contributed by atoms with Gasteiger partial charge in [-0.15, -0.1) is 10.2 Å². The van der Waals surface area contributed by atoms with E-state index in [0.717, 1.165) is 25.7 Å². The number of H-pyrrole nitrogens is 1. The fourth-order valence-electron chi connectivity index (χ4n) is 2.64. The van der Waals surface area contributed by atoms with Crippen molar-refractivity contribution >= 4 is 11.9 Å². The summed E-state index contributed by atoms with van der Waals surface area (Å²) in [6.07, 6.45) is 7.75. The summed E-state index contributed by atoms with van der Waals surface area (Å²) >= 11 is 0. The first-order valence-corrected chi connectivity index (χ1v) is 8.42. The maximum atomic E-state index is 12.0. The van der Waals surface area contributed by atoms with Gasteiger partial charge in [0.1, 0.15) is 6.10 Å². The summed E-state index contributed by atoms with van der Waals surface area (Å²) in [4.78, 5) is 23.8. The molecule has 0 radical (unpaired) electrons. The van der Waals surface area contributed by atoms with E-state index in [4.69, 9.17) is 9.47 Å². The van der Waals surface area contributed by atoms with Gasteiger partial charge in [-0.2, -0.15) is 5.21 Å². The number of carbonyl (C=O) groups is 2. The number of hydrogen-bond donors (Lipinski definition) is 1. The number of ether oxygens (including phenoxy) is 2. The Hall–Kier alpha value is -2.25. The molecule has 2 rings (SSSR count). The number of esters is 2. The lowest BCUT2D eigenvalue weighted by atomic mass is 9.98. The minimum atomic E-state index is -0.604. The van der Waals surface area contributed by atoms with Gasteiger partial charge in [0.25, 0.3) is 0 Å². The van der Waals surface area contributed by atoms with E-state index in [1.807, 2.05) is 0 Å². The van der Waals surface area contributed by atoms with E-state index in [1.54, 1.807) is 0 Å². The van der Waals surface area contributed by atoms with Crippen LogP contribution in [-0.4, -0.2) is 45.3 Å². The molecule has 1 saturated carbocycles. The summed E-state index contributed by atoms with van der Waals surface area (Å²) in [5, 5.41) is 13.2. The molecule has 1 aliphatic rings. The van der Waals surface area contributed by atoms with Gasteiger partial charge in [-0.05, 0) is 25.7 Å². The zero-order valence-electron chi connectivity index (χ0n) is 13.8. The predicted molar refractivity (Wildman–Crippen MR) is 84.8 cm³/mol. The molecule has 0 bridgehead atoms. The largest absolute Gasteiger partial charge is 0.462 e. The quantitative estimate of drug-likeness (QED) is 0.598. The Morgan fingerprint density at radius 2 is 1.88 bits per heavy atom. The van der Waals surface area contributed by atoms with Crippen LogP contribution in [-0.2, 0) is 25.5 Å². The van der Waals surface area contributed by atoms with Gasteiger partial charge in [-0.1, -0.05) is 31.1 Å². The molecule has 0 aliphatic heterocycles. The molecule has 24 heavy (non-hydrogen) atoms. The second-order valence-electron chi connectivity index (χ2n) is 5.95. The number of aromatic amines is 1. The molecule has 0 amide bonds.